The van der Waals surface area contributed by atoms with Gasteiger partial charge in [-0.1, -0.05) is 24.3 Å². The number of benzene rings is 1. The second-order valence-corrected chi connectivity index (χ2v) is 7.13. The fourth-order valence-corrected chi connectivity index (χ4v) is 5.12. The van der Waals surface area contributed by atoms with E-state index in [-0.39, 0.29) is 23.5 Å². The molecule has 2 fully saturated rings. The number of carbonyl (C=O) groups is 3. The third-order valence-electron chi connectivity index (χ3n) is 5.30. The molecule has 1 aliphatic heterocycles. The van der Waals surface area contributed by atoms with Gasteiger partial charge in [-0.2, -0.15) is 0 Å². The quantitative estimate of drug-likeness (QED) is 0.754. The molecule has 0 unspecified atom stereocenters. The minimum atomic E-state index is -0.562. The number of hydrogen-bond acceptors (Lipinski definition) is 5. The Morgan fingerprint density at radius 3 is 2.52 bits per heavy atom. The van der Waals surface area contributed by atoms with Crippen molar-refractivity contribution in [3.05, 3.63) is 47.0 Å². The molecule has 4 aliphatic rings. The van der Waals surface area contributed by atoms with Crippen molar-refractivity contribution in [3.8, 4) is 0 Å². The zero-order valence-electron chi connectivity index (χ0n) is 12.0. The summed E-state index contributed by atoms with van der Waals surface area (Å²) in [6, 6.07) is 7.73. The van der Waals surface area contributed by atoms with Crippen LogP contribution < -0.4 is 4.90 Å². The zero-order valence-corrected chi connectivity index (χ0v) is 12.8. The lowest BCUT2D eigenvalue weighted by Gasteiger charge is -2.43. The Kier molecular flexibility index (Phi) is 2.48. The van der Waals surface area contributed by atoms with E-state index in [1.165, 1.54) is 16.2 Å². The second-order valence-electron chi connectivity index (χ2n) is 6.26. The largest absolute Gasteiger partial charge is 0.299 e. The van der Waals surface area contributed by atoms with Gasteiger partial charge >= 0.3 is 0 Å². The first kappa shape index (κ1) is 13.1. The van der Waals surface area contributed by atoms with Gasteiger partial charge in [-0.05, 0) is 11.1 Å². The minimum absolute atomic E-state index is 0.0806. The van der Waals surface area contributed by atoms with Crippen LogP contribution in [0.5, 0.6) is 0 Å². The molecule has 2 heterocycles. The smallest absolute Gasteiger partial charge is 0.240 e. The molecule has 1 aromatic carbocycles. The van der Waals surface area contributed by atoms with Crippen molar-refractivity contribution in [3.63, 3.8) is 0 Å². The van der Waals surface area contributed by atoms with Gasteiger partial charge in [0.05, 0.1) is 17.8 Å². The lowest BCUT2D eigenvalue weighted by Crippen LogP contribution is -2.44. The highest BCUT2D eigenvalue weighted by atomic mass is 32.1. The van der Waals surface area contributed by atoms with E-state index in [1.807, 2.05) is 24.3 Å². The monoisotopic (exact) mass is 324 g/mol. The van der Waals surface area contributed by atoms with Crippen LogP contribution >= 0.6 is 11.3 Å². The van der Waals surface area contributed by atoms with Crippen molar-refractivity contribution in [1.82, 2.24) is 4.98 Å². The summed E-state index contributed by atoms with van der Waals surface area (Å²) in [6.07, 6.45) is 1.94. The molecule has 3 aliphatic carbocycles. The zero-order chi connectivity index (χ0) is 15.7. The average molecular weight is 324 g/mol. The van der Waals surface area contributed by atoms with E-state index >= 15 is 0 Å². The number of ketones is 1. The van der Waals surface area contributed by atoms with Gasteiger partial charge in [0.1, 0.15) is 5.78 Å². The van der Waals surface area contributed by atoms with Crippen molar-refractivity contribution in [1.29, 1.82) is 0 Å². The maximum absolute atomic E-state index is 12.9. The average Bonchev–Trinajstić information content (AvgIpc) is 3.16. The van der Waals surface area contributed by atoms with Gasteiger partial charge < -0.3 is 0 Å². The number of rotatable bonds is 1. The van der Waals surface area contributed by atoms with Crippen molar-refractivity contribution < 1.29 is 14.4 Å². The van der Waals surface area contributed by atoms with Crippen molar-refractivity contribution in [2.24, 2.45) is 11.8 Å². The molecule has 0 radical (unpaired) electrons. The molecule has 6 heteroatoms. The number of Topliss-reactive ketones (excluding diaryl/α,β-unsaturated/α-hetero) is 1. The predicted molar refractivity (Wildman–Crippen MR) is 83.1 cm³/mol. The van der Waals surface area contributed by atoms with Crippen LogP contribution in [-0.2, 0) is 14.4 Å². The van der Waals surface area contributed by atoms with Gasteiger partial charge in [0.25, 0.3) is 0 Å². The summed E-state index contributed by atoms with van der Waals surface area (Å²) in [5.41, 5.74) is 1.98. The fourth-order valence-electron chi connectivity index (χ4n) is 4.47. The van der Waals surface area contributed by atoms with Crippen LogP contribution in [0.25, 0.3) is 0 Å². The summed E-state index contributed by atoms with van der Waals surface area (Å²) in [4.78, 5) is 43.7. The Morgan fingerprint density at radius 2 is 1.78 bits per heavy atom. The van der Waals surface area contributed by atoms with Gasteiger partial charge in [-0.3, -0.25) is 14.4 Å². The topological polar surface area (TPSA) is 67.3 Å². The van der Waals surface area contributed by atoms with E-state index in [1.54, 1.807) is 11.6 Å². The molecule has 0 N–H and O–H groups in total. The first-order valence-corrected chi connectivity index (χ1v) is 8.45. The highest BCUT2D eigenvalue weighted by molar-refractivity contribution is 7.14. The number of fused-ring (bicyclic) bond motifs is 1. The first-order chi connectivity index (χ1) is 11.2. The lowest BCUT2D eigenvalue weighted by molar-refractivity contribution is -0.134. The predicted octanol–water partition coefficient (Wildman–Crippen LogP) is 2.10. The molecule has 1 saturated carbocycles. The maximum atomic E-state index is 12.9. The Balaban J connectivity index is 1.69. The van der Waals surface area contributed by atoms with Gasteiger partial charge in [-0.15, -0.1) is 11.3 Å². The molecule has 0 spiro atoms. The Bertz CT molecular complexity index is 860. The number of amides is 2. The number of thiazole rings is 1. The van der Waals surface area contributed by atoms with Crippen LogP contribution in [0.1, 0.15) is 29.4 Å². The van der Waals surface area contributed by atoms with E-state index in [9.17, 15) is 14.4 Å². The Labute approximate surface area is 135 Å². The highest BCUT2D eigenvalue weighted by Gasteiger charge is 2.63. The molecule has 4 atom stereocenters. The molecule has 5 nitrogen and oxygen atoms in total. The first-order valence-electron chi connectivity index (χ1n) is 7.57. The van der Waals surface area contributed by atoms with E-state index in [2.05, 4.69) is 4.98 Å². The summed E-state index contributed by atoms with van der Waals surface area (Å²) < 4.78 is 0. The van der Waals surface area contributed by atoms with Crippen LogP contribution in [0.4, 0.5) is 5.13 Å². The van der Waals surface area contributed by atoms with E-state index in [4.69, 9.17) is 0 Å². The Hall–Kier alpha value is -2.34. The van der Waals surface area contributed by atoms with Crippen LogP contribution in [-0.4, -0.2) is 22.6 Å². The summed E-state index contributed by atoms with van der Waals surface area (Å²) in [7, 11) is 0. The van der Waals surface area contributed by atoms with Crippen molar-refractivity contribution >= 4 is 34.1 Å². The maximum Gasteiger partial charge on any atom is 0.240 e. The number of aromatic nitrogens is 1. The third kappa shape index (κ3) is 1.51. The highest BCUT2D eigenvalue weighted by Crippen LogP contribution is 2.57. The summed E-state index contributed by atoms with van der Waals surface area (Å²) >= 11 is 1.27. The molecule has 1 aromatic heterocycles. The van der Waals surface area contributed by atoms with Crippen LogP contribution in [0.2, 0.25) is 0 Å². The van der Waals surface area contributed by atoms with E-state index < -0.39 is 17.8 Å². The summed E-state index contributed by atoms with van der Waals surface area (Å²) in [5, 5.41) is 2.15. The van der Waals surface area contributed by atoms with Crippen LogP contribution in [0, 0.1) is 11.8 Å². The number of hydrogen-bond donors (Lipinski definition) is 0. The molecule has 6 rings (SSSR count). The van der Waals surface area contributed by atoms with Gasteiger partial charge in [0.2, 0.25) is 11.8 Å². The van der Waals surface area contributed by atoms with E-state index in [0.717, 1.165) is 11.1 Å². The van der Waals surface area contributed by atoms with Gasteiger partial charge in [0, 0.05) is 23.9 Å². The minimum Gasteiger partial charge on any atom is -0.299 e. The number of carbonyl (C=O) groups excluding carboxylic acids is 3. The molecule has 2 bridgehead atoms. The molecule has 2 aromatic rings. The van der Waals surface area contributed by atoms with E-state index in [0.29, 0.717) is 11.6 Å². The fraction of sp³-hybridized carbons (Fsp3) is 0.294. The second kappa shape index (κ2) is 4.35. The SMILES string of the molecule is O=C1C[C@@H]2c3ccccc3[C@H]1[C@H]1C(=O)N(c3nccs3)C(=O)[C@@H]12. The summed E-state index contributed by atoms with van der Waals surface area (Å²) in [5.74, 6) is -2.05. The van der Waals surface area contributed by atoms with Gasteiger partial charge in [0.15, 0.2) is 5.13 Å². The standard InChI is InChI=1S/C17H12N2O3S/c20-11-7-10-8-3-1-2-4-9(8)12(11)14-13(10)15(21)19(16(14)22)17-18-5-6-23-17/h1-6,10,12-14H,7H2/t10-,12-,13-,14-/m1/s1. The molecular formula is C17H12N2O3S. The normalized spacial score (nSPS) is 31.5. The molecule has 114 valence electrons. The number of nitrogens with zero attached hydrogens (tertiary/aromatic N) is 2. The Morgan fingerprint density at radius 1 is 1.04 bits per heavy atom. The summed E-state index contributed by atoms with van der Waals surface area (Å²) in [6.45, 7) is 0. The third-order valence-corrected chi connectivity index (χ3v) is 6.06. The molecule has 1 saturated heterocycles. The van der Waals surface area contributed by atoms with Crippen molar-refractivity contribution in [2.45, 2.75) is 18.3 Å². The molecule has 2 amide bonds. The van der Waals surface area contributed by atoms with Crippen molar-refractivity contribution in [2.75, 3.05) is 4.90 Å². The van der Waals surface area contributed by atoms with Crippen LogP contribution in [0.15, 0.2) is 35.8 Å². The lowest BCUT2D eigenvalue weighted by atomic mass is 9.56. The number of imide groups is 1. The molecular weight excluding hydrogens is 312 g/mol. The van der Waals surface area contributed by atoms with Crippen LogP contribution in [0.3, 0.4) is 0 Å². The molecule has 23 heavy (non-hydrogen) atoms. The van der Waals surface area contributed by atoms with Gasteiger partial charge in [-0.25, -0.2) is 9.88 Å². The number of anilines is 1.